The van der Waals surface area contributed by atoms with Crippen molar-refractivity contribution < 1.29 is 18.1 Å². The van der Waals surface area contributed by atoms with Crippen LogP contribution in [-0.2, 0) is 0 Å². The molecule has 1 heterocycles. The standard InChI is InChI=1S/C11H12F3N3O2/c1-10(11(12,13)14)15(2)8-5-4-7(17(18)19)6-9(8)16(10)3/h4-6H,1-3H3. The molecule has 0 saturated carbocycles. The summed E-state index contributed by atoms with van der Waals surface area (Å²) < 4.78 is 39.8. The first kappa shape index (κ1) is 13.4. The number of rotatable bonds is 1. The van der Waals surface area contributed by atoms with E-state index in [0.29, 0.717) is 5.69 Å². The summed E-state index contributed by atoms with van der Waals surface area (Å²) in [5, 5.41) is 10.7. The van der Waals surface area contributed by atoms with Crippen LogP contribution < -0.4 is 9.80 Å². The Kier molecular flexibility index (Phi) is 2.65. The average Bonchev–Trinajstić information content (AvgIpc) is 2.51. The first-order valence-electron chi connectivity index (χ1n) is 5.43. The molecule has 1 unspecified atom stereocenters. The Labute approximate surface area is 107 Å². The van der Waals surface area contributed by atoms with Crippen molar-refractivity contribution in [1.29, 1.82) is 0 Å². The maximum atomic E-state index is 13.3. The summed E-state index contributed by atoms with van der Waals surface area (Å²) in [6.07, 6.45) is -4.50. The van der Waals surface area contributed by atoms with Gasteiger partial charge in [-0.25, -0.2) is 0 Å². The van der Waals surface area contributed by atoms with Gasteiger partial charge in [0.25, 0.3) is 5.69 Å². The van der Waals surface area contributed by atoms with Gasteiger partial charge in [-0.3, -0.25) is 10.1 Å². The SMILES string of the molecule is CN1c2ccc([N+](=O)[O-])cc2N(C)C1(C)C(F)(F)F. The van der Waals surface area contributed by atoms with E-state index in [2.05, 4.69) is 0 Å². The largest absolute Gasteiger partial charge is 0.430 e. The van der Waals surface area contributed by atoms with Crippen LogP contribution in [0, 0.1) is 10.1 Å². The van der Waals surface area contributed by atoms with E-state index in [-0.39, 0.29) is 11.4 Å². The molecule has 0 fully saturated rings. The Morgan fingerprint density at radius 1 is 1.21 bits per heavy atom. The van der Waals surface area contributed by atoms with Crippen LogP contribution >= 0.6 is 0 Å². The van der Waals surface area contributed by atoms with Crippen LogP contribution in [-0.4, -0.2) is 30.9 Å². The first-order chi connectivity index (χ1) is 8.60. The zero-order chi connectivity index (χ0) is 14.6. The van der Waals surface area contributed by atoms with E-state index >= 15 is 0 Å². The van der Waals surface area contributed by atoms with Gasteiger partial charge in [-0.1, -0.05) is 0 Å². The molecule has 0 spiro atoms. The fourth-order valence-electron chi connectivity index (χ4n) is 2.25. The maximum Gasteiger partial charge on any atom is 0.430 e. The highest BCUT2D eigenvalue weighted by molar-refractivity contribution is 5.81. The second kappa shape index (κ2) is 3.75. The van der Waals surface area contributed by atoms with Gasteiger partial charge in [0.2, 0.25) is 5.66 Å². The van der Waals surface area contributed by atoms with Crippen molar-refractivity contribution >= 4 is 17.1 Å². The monoisotopic (exact) mass is 275 g/mol. The average molecular weight is 275 g/mol. The fourth-order valence-corrected chi connectivity index (χ4v) is 2.25. The van der Waals surface area contributed by atoms with Gasteiger partial charge < -0.3 is 9.80 Å². The molecule has 0 aliphatic carbocycles. The first-order valence-corrected chi connectivity index (χ1v) is 5.43. The molecule has 0 N–H and O–H groups in total. The quantitative estimate of drug-likeness (QED) is 0.584. The van der Waals surface area contributed by atoms with Crippen LogP contribution in [0.1, 0.15) is 6.92 Å². The van der Waals surface area contributed by atoms with Crippen molar-refractivity contribution in [2.75, 3.05) is 23.9 Å². The van der Waals surface area contributed by atoms with Gasteiger partial charge in [0.15, 0.2) is 0 Å². The van der Waals surface area contributed by atoms with Gasteiger partial charge in [-0.05, 0) is 13.0 Å². The molecule has 1 aromatic carbocycles. The number of hydrogen-bond acceptors (Lipinski definition) is 4. The summed E-state index contributed by atoms with van der Waals surface area (Å²) in [6, 6.07) is 3.69. The minimum absolute atomic E-state index is 0.191. The number of benzene rings is 1. The zero-order valence-electron chi connectivity index (χ0n) is 10.5. The molecule has 8 heteroatoms. The molecule has 1 aliphatic heterocycles. The molecule has 5 nitrogen and oxygen atoms in total. The number of nitro groups is 1. The molecule has 1 aromatic rings. The highest BCUT2D eigenvalue weighted by atomic mass is 19.4. The van der Waals surface area contributed by atoms with Crippen LogP contribution in [0.2, 0.25) is 0 Å². The van der Waals surface area contributed by atoms with E-state index in [9.17, 15) is 23.3 Å². The summed E-state index contributed by atoms with van der Waals surface area (Å²) >= 11 is 0. The second-order valence-electron chi connectivity index (χ2n) is 4.57. The molecule has 104 valence electrons. The lowest BCUT2D eigenvalue weighted by atomic mass is 10.1. The van der Waals surface area contributed by atoms with Crippen molar-refractivity contribution in [3.63, 3.8) is 0 Å². The predicted octanol–water partition coefficient (Wildman–Crippen LogP) is 2.76. The Hall–Kier alpha value is -1.99. The molecule has 1 atom stereocenters. The molecular weight excluding hydrogens is 263 g/mol. The normalized spacial score (nSPS) is 22.6. The molecular formula is C11H12F3N3O2. The van der Waals surface area contributed by atoms with E-state index in [0.717, 1.165) is 22.8 Å². The number of alkyl halides is 3. The predicted molar refractivity (Wildman–Crippen MR) is 64.4 cm³/mol. The van der Waals surface area contributed by atoms with Crippen molar-refractivity contribution in [3.05, 3.63) is 28.3 Å². The number of fused-ring (bicyclic) bond motifs is 1. The van der Waals surface area contributed by atoms with Crippen LogP contribution in [0.15, 0.2) is 18.2 Å². The number of anilines is 2. The van der Waals surface area contributed by atoms with Gasteiger partial charge >= 0.3 is 6.18 Å². The lowest BCUT2D eigenvalue weighted by Gasteiger charge is -2.40. The van der Waals surface area contributed by atoms with E-state index in [1.54, 1.807) is 0 Å². The summed E-state index contributed by atoms with van der Waals surface area (Å²) in [7, 11) is 2.60. The van der Waals surface area contributed by atoms with E-state index in [1.165, 1.54) is 26.2 Å². The molecule has 0 saturated heterocycles. The second-order valence-corrected chi connectivity index (χ2v) is 4.57. The molecule has 2 rings (SSSR count). The minimum atomic E-state index is -4.50. The van der Waals surface area contributed by atoms with Crippen molar-refractivity contribution in [2.45, 2.75) is 18.8 Å². The molecule has 0 radical (unpaired) electrons. The minimum Gasteiger partial charge on any atom is -0.343 e. The molecule has 0 amide bonds. The van der Waals surface area contributed by atoms with E-state index in [1.807, 2.05) is 0 Å². The van der Waals surface area contributed by atoms with E-state index < -0.39 is 16.8 Å². The summed E-state index contributed by atoms with van der Waals surface area (Å²) in [4.78, 5) is 12.2. The summed E-state index contributed by atoms with van der Waals surface area (Å²) in [5.41, 5.74) is -1.94. The van der Waals surface area contributed by atoms with Crippen LogP contribution in [0.5, 0.6) is 0 Å². The number of nitro benzene ring substituents is 1. The maximum absolute atomic E-state index is 13.3. The Morgan fingerprint density at radius 3 is 2.21 bits per heavy atom. The number of hydrogen-bond donors (Lipinski definition) is 0. The molecule has 0 bridgehead atoms. The van der Waals surface area contributed by atoms with Crippen LogP contribution in [0.25, 0.3) is 0 Å². The van der Waals surface area contributed by atoms with E-state index in [4.69, 9.17) is 0 Å². The highest BCUT2D eigenvalue weighted by Gasteiger charge is 2.61. The van der Waals surface area contributed by atoms with Gasteiger partial charge in [-0.15, -0.1) is 0 Å². The third-order valence-corrected chi connectivity index (χ3v) is 3.74. The lowest BCUT2D eigenvalue weighted by Crippen LogP contribution is -2.62. The molecule has 1 aliphatic rings. The third kappa shape index (κ3) is 1.62. The van der Waals surface area contributed by atoms with Gasteiger partial charge in [0.1, 0.15) is 0 Å². The van der Waals surface area contributed by atoms with Crippen molar-refractivity contribution in [1.82, 2.24) is 0 Å². The summed E-state index contributed by atoms with van der Waals surface area (Å²) in [5.74, 6) is 0. The highest BCUT2D eigenvalue weighted by Crippen LogP contribution is 2.50. The Balaban J connectivity index is 2.59. The number of halogens is 3. The molecule has 0 aromatic heterocycles. The zero-order valence-corrected chi connectivity index (χ0v) is 10.5. The van der Waals surface area contributed by atoms with Crippen LogP contribution in [0.4, 0.5) is 30.2 Å². The third-order valence-electron chi connectivity index (χ3n) is 3.74. The Bertz CT molecular complexity index is 546. The summed E-state index contributed by atoms with van der Waals surface area (Å²) in [6.45, 7) is 1.04. The fraction of sp³-hybridized carbons (Fsp3) is 0.455. The number of nitrogens with zero attached hydrogens (tertiary/aromatic N) is 3. The molecule has 19 heavy (non-hydrogen) atoms. The van der Waals surface area contributed by atoms with Crippen molar-refractivity contribution in [2.24, 2.45) is 0 Å². The van der Waals surface area contributed by atoms with Gasteiger partial charge in [0.05, 0.1) is 16.3 Å². The van der Waals surface area contributed by atoms with Crippen LogP contribution in [0.3, 0.4) is 0 Å². The Morgan fingerprint density at radius 2 is 1.74 bits per heavy atom. The van der Waals surface area contributed by atoms with Gasteiger partial charge in [0, 0.05) is 26.2 Å². The number of non-ortho nitro benzene ring substituents is 1. The van der Waals surface area contributed by atoms with Gasteiger partial charge in [-0.2, -0.15) is 13.2 Å². The smallest absolute Gasteiger partial charge is 0.343 e. The van der Waals surface area contributed by atoms with Crippen molar-refractivity contribution in [3.8, 4) is 0 Å². The topological polar surface area (TPSA) is 49.6 Å². The lowest BCUT2D eigenvalue weighted by molar-refractivity contribution is -0.384.